The van der Waals surface area contributed by atoms with Crippen molar-refractivity contribution >= 4 is 0 Å². The Morgan fingerprint density at radius 2 is 2.29 bits per heavy atom. The molecule has 0 unspecified atom stereocenters. The number of hydrogen-bond donors (Lipinski definition) is 1. The Kier molecular flexibility index (Phi) is 2.36. The van der Waals surface area contributed by atoms with Crippen molar-refractivity contribution in [1.29, 1.82) is 0 Å². The van der Waals surface area contributed by atoms with E-state index >= 15 is 0 Å². The molecule has 88 valence electrons. The number of halogens is 1. The monoisotopic (exact) mass is 233 g/mol. The van der Waals surface area contributed by atoms with Gasteiger partial charge >= 0.3 is 0 Å². The first-order chi connectivity index (χ1) is 8.24. The highest BCUT2D eigenvalue weighted by Crippen LogP contribution is 2.18. The first-order valence-electron chi connectivity index (χ1n) is 5.52. The fourth-order valence-corrected chi connectivity index (χ4v) is 1.98. The molecule has 0 saturated carbocycles. The highest BCUT2D eigenvalue weighted by atomic mass is 19.1. The van der Waals surface area contributed by atoms with Crippen LogP contribution >= 0.6 is 0 Å². The number of rotatable bonds is 1. The van der Waals surface area contributed by atoms with Gasteiger partial charge < -0.3 is 9.88 Å². The lowest BCUT2D eigenvalue weighted by atomic mass is 10.2. The van der Waals surface area contributed by atoms with Crippen LogP contribution in [0.3, 0.4) is 0 Å². The molecule has 6 heteroatoms. The van der Waals surface area contributed by atoms with Gasteiger partial charge in [-0.25, -0.2) is 4.98 Å². The lowest BCUT2D eigenvalue weighted by Gasteiger charge is -2.22. The highest BCUT2D eigenvalue weighted by Gasteiger charge is 2.21. The van der Waals surface area contributed by atoms with Crippen LogP contribution < -0.4 is 5.32 Å². The zero-order valence-corrected chi connectivity index (χ0v) is 9.39. The summed E-state index contributed by atoms with van der Waals surface area (Å²) >= 11 is 0. The van der Waals surface area contributed by atoms with E-state index in [0.717, 1.165) is 12.4 Å². The molecule has 0 fully saturated rings. The van der Waals surface area contributed by atoms with E-state index in [1.54, 1.807) is 12.1 Å². The van der Waals surface area contributed by atoms with Gasteiger partial charge in [0.25, 0.3) is 0 Å². The molecule has 0 radical (unpaired) electrons. The minimum Gasteiger partial charge on any atom is -0.307 e. The molecule has 1 atom stereocenters. The lowest BCUT2D eigenvalue weighted by molar-refractivity contribution is 0.411. The van der Waals surface area contributed by atoms with E-state index in [4.69, 9.17) is 0 Å². The second-order valence-corrected chi connectivity index (χ2v) is 4.18. The van der Waals surface area contributed by atoms with Crippen LogP contribution in [0.5, 0.6) is 0 Å². The molecule has 2 aromatic heterocycles. The average Bonchev–Trinajstić information content (AvgIpc) is 2.71. The van der Waals surface area contributed by atoms with E-state index in [1.807, 2.05) is 4.57 Å². The van der Waals surface area contributed by atoms with Crippen LogP contribution in [0.2, 0.25) is 0 Å². The van der Waals surface area contributed by atoms with E-state index in [9.17, 15) is 4.39 Å². The Balaban J connectivity index is 2.07. The van der Waals surface area contributed by atoms with Crippen molar-refractivity contribution in [3.63, 3.8) is 0 Å². The molecule has 1 aliphatic heterocycles. The normalized spacial score (nSPS) is 19.1. The minimum absolute atomic E-state index is 0.353. The molecule has 0 spiro atoms. The van der Waals surface area contributed by atoms with E-state index in [1.165, 1.54) is 6.07 Å². The van der Waals surface area contributed by atoms with Crippen molar-refractivity contribution in [2.75, 3.05) is 0 Å². The summed E-state index contributed by atoms with van der Waals surface area (Å²) in [5.41, 5.74) is 0.526. The van der Waals surface area contributed by atoms with Crippen LogP contribution in [-0.4, -0.2) is 25.8 Å². The van der Waals surface area contributed by atoms with Gasteiger partial charge in [0.1, 0.15) is 11.5 Å². The van der Waals surface area contributed by atoms with Crippen molar-refractivity contribution in [3.05, 3.63) is 30.0 Å². The zero-order valence-electron chi connectivity index (χ0n) is 9.39. The topological polar surface area (TPSA) is 55.6 Å². The average molecular weight is 233 g/mol. The van der Waals surface area contributed by atoms with E-state index in [0.29, 0.717) is 24.1 Å². The lowest BCUT2D eigenvalue weighted by Crippen LogP contribution is -2.36. The van der Waals surface area contributed by atoms with Crippen LogP contribution in [0, 0.1) is 5.95 Å². The first kappa shape index (κ1) is 10.3. The molecule has 0 amide bonds. The predicted molar refractivity (Wildman–Crippen MR) is 59.5 cm³/mol. The summed E-state index contributed by atoms with van der Waals surface area (Å²) < 4.78 is 15.1. The van der Waals surface area contributed by atoms with Crippen LogP contribution in [0.1, 0.15) is 12.7 Å². The van der Waals surface area contributed by atoms with Gasteiger partial charge in [0.2, 0.25) is 5.95 Å². The summed E-state index contributed by atoms with van der Waals surface area (Å²) in [6, 6.07) is 5.05. The summed E-state index contributed by atoms with van der Waals surface area (Å²) in [6.07, 6.45) is 0. The van der Waals surface area contributed by atoms with Gasteiger partial charge in [-0.15, -0.1) is 10.2 Å². The molecule has 3 heterocycles. The SMILES string of the molecule is C[C@H]1Cn2c(nnc2-c2cccc(F)n2)CN1. The van der Waals surface area contributed by atoms with Crippen LogP contribution in [-0.2, 0) is 13.1 Å². The second-order valence-electron chi connectivity index (χ2n) is 4.18. The van der Waals surface area contributed by atoms with E-state index in [-0.39, 0.29) is 0 Å². The van der Waals surface area contributed by atoms with Crippen LogP contribution in [0.15, 0.2) is 18.2 Å². The van der Waals surface area contributed by atoms with Gasteiger partial charge in [0.15, 0.2) is 5.82 Å². The van der Waals surface area contributed by atoms with E-state index < -0.39 is 5.95 Å². The molecule has 0 aliphatic carbocycles. The summed E-state index contributed by atoms with van der Waals surface area (Å²) in [6.45, 7) is 3.55. The Morgan fingerprint density at radius 3 is 3.12 bits per heavy atom. The number of aromatic nitrogens is 4. The van der Waals surface area contributed by atoms with Crippen molar-refractivity contribution in [2.24, 2.45) is 0 Å². The molecule has 1 N–H and O–H groups in total. The van der Waals surface area contributed by atoms with Gasteiger partial charge in [-0.1, -0.05) is 6.07 Å². The van der Waals surface area contributed by atoms with Gasteiger partial charge in [-0.3, -0.25) is 0 Å². The number of hydrogen-bond acceptors (Lipinski definition) is 4. The predicted octanol–water partition coefficient (Wildman–Crippen LogP) is 0.971. The Bertz CT molecular complexity index is 551. The van der Waals surface area contributed by atoms with Crippen molar-refractivity contribution in [1.82, 2.24) is 25.1 Å². The van der Waals surface area contributed by atoms with Crippen molar-refractivity contribution in [3.8, 4) is 11.5 Å². The Labute approximate surface area is 97.7 Å². The molecule has 3 rings (SSSR count). The third kappa shape index (κ3) is 1.80. The van der Waals surface area contributed by atoms with Crippen LogP contribution in [0.4, 0.5) is 4.39 Å². The first-order valence-corrected chi connectivity index (χ1v) is 5.52. The maximum atomic E-state index is 13.1. The third-order valence-electron chi connectivity index (χ3n) is 2.84. The minimum atomic E-state index is -0.498. The highest BCUT2D eigenvalue weighted by molar-refractivity contribution is 5.49. The zero-order chi connectivity index (χ0) is 11.8. The van der Waals surface area contributed by atoms with Crippen LogP contribution in [0.25, 0.3) is 11.5 Å². The maximum Gasteiger partial charge on any atom is 0.213 e. The molecular formula is C11H12FN5. The Morgan fingerprint density at radius 1 is 1.41 bits per heavy atom. The smallest absolute Gasteiger partial charge is 0.213 e. The van der Waals surface area contributed by atoms with Gasteiger partial charge in [-0.05, 0) is 19.1 Å². The number of nitrogens with zero attached hydrogens (tertiary/aromatic N) is 4. The molecule has 5 nitrogen and oxygen atoms in total. The fourth-order valence-electron chi connectivity index (χ4n) is 1.98. The molecule has 2 aromatic rings. The summed E-state index contributed by atoms with van der Waals surface area (Å²) in [7, 11) is 0. The number of nitrogens with one attached hydrogen (secondary N) is 1. The number of pyridine rings is 1. The maximum absolute atomic E-state index is 13.1. The molecule has 17 heavy (non-hydrogen) atoms. The third-order valence-corrected chi connectivity index (χ3v) is 2.84. The van der Waals surface area contributed by atoms with Crippen molar-refractivity contribution in [2.45, 2.75) is 26.1 Å². The number of fused-ring (bicyclic) bond motifs is 1. The van der Waals surface area contributed by atoms with Crippen molar-refractivity contribution < 1.29 is 4.39 Å². The summed E-state index contributed by atoms with van der Waals surface area (Å²) in [4.78, 5) is 3.84. The van der Waals surface area contributed by atoms with Gasteiger partial charge in [-0.2, -0.15) is 4.39 Å². The van der Waals surface area contributed by atoms with E-state index in [2.05, 4.69) is 27.4 Å². The molecule has 1 aliphatic rings. The standard InChI is InChI=1S/C11H12FN5/c1-7-6-17-10(5-13-7)15-16-11(17)8-3-2-4-9(12)14-8/h2-4,7,13H,5-6H2,1H3/t7-/m0/s1. The quantitative estimate of drug-likeness (QED) is 0.746. The summed E-state index contributed by atoms with van der Waals surface area (Å²) in [5.74, 6) is 0.999. The molecule has 0 aromatic carbocycles. The molecule has 0 saturated heterocycles. The second kappa shape index (κ2) is 3.89. The fraction of sp³-hybridized carbons (Fsp3) is 0.364. The largest absolute Gasteiger partial charge is 0.307 e. The summed E-state index contributed by atoms with van der Waals surface area (Å²) in [5, 5.41) is 11.5. The Hall–Kier alpha value is -1.82. The molecule has 0 bridgehead atoms. The van der Waals surface area contributed by atoms with Gasteiger partial charge in [0, 0.05) is 12.6 Å². The molecular weight excluding hydrogens is 221 g/mol. The van der Waals surface area contributed by atoms with Gasteiger partial charge in [0.05, 0.1) is 6.54 Å².